The Labute approximate surface area is 156 Å². The molecule has 0 unspecified atom stereocenters. The Morgan fingerprint density at radius 2 is 1.96 bits per heavy atom. The van der Waals surface area contributed by atoms with Gasteiger partial charge in [0.25, 0.3) is 5.91 Å². The quantitative estimate of drug-likeness (QED) is 0.897. The van der Waals surface area contributed by atoms with Gasteiger partial charge in [0.2, 0.25) is 0 Å². The lowest BCUT2D eigenvalue weighted by Gasteiger charge is -2.22. The second kappa shape index (κ2) is 6.99. The van der Waals surface area contributed by atoms with Crippen LogP contribution in [-0.2, 0) is 5.54 Å². The van der Waals surface area contributed by atoms with E-state index in [1.807, 2.05) is 22.6 Å². The van der Waals surface area contributed by atoms with Crippen molar-refractivity contribution in [3.8, 4) is 0 Å². The number of hydrogen-bond donors (Lipinski definition) is 1. The zero-order chi connectivity index (χ0) is 19.1. The van der Waals surface area contributed by atoms with E-state index in [1.165, 1.54) is 0 Å². The van der Waals surface area contributed by atoms with Crippen LogP contribution in [0.5, 0.6) is 0 Å². The largest absolute Gasteiger partial charge is 0.337 e. The number of nitrogens with zero attached hydrogens (tertiary/aromatic N) is 4. The summed E-state index contributed by atoms with van der Waals surface area (Å²) in [5.41, 5.74) is 3.18. The number of fused-ring (bicyclic) bond motifs is 1. The molecule has 1 aliphatic heterocycles. The maximum Gasteiger partial charge on any atom is 0.254 e. The molecular formula is C20H31N5O. The van der Waals surface area contributed by atoms with Crippen LogP contribution >= 0.6 is 0 Å². The molecule has 0 radical (unpaired) electrons. The fourth-order valence-corrected chi connectivity index (χ4v) is 3.46. The van der Waals surface area contributed by atoms with E-state index < -0.39 is 0 Å². The van der Waals surface area contributed by atoms with Crippen LogP contribution in [0.2, 0.25) is 0 Å². The first kappa shape index (κ1) is 18.8. The number of aromatic nitrogens is 3. The van der Waals surface area contributed by atoms with Crippen molar-refractivity contribution >= 4 is 16.9 Å². The van der Waals surface area contributed by atoms with Gasteiger partial charge in [-0.15, -0.1) is 0 Å². The van der Waals surface area contributed by atoms with Gasteiger partial charge in [-0.05, 0) is 52.6 Å². The number of amides is 1. The SMILES string of the molecule is Cc1nn(C(C)(C)C)c2nc(C(C)C)cc(C(=O)N3CCCNCC3)c12. The van der Waals surface area contributed by atoms with Crippen molar-refractivity contribution in [1.82, 2.24) is 25.0 Å². The van der Waals surface area contributed by atoms with Gasteiger partial charge in [0.05, 0.1) is 22.2 Å². The van der Waals surface area contributed by atoms with Crippen molar-refractivity contribution in [3.05, 3.63) is 23.0 Å². The van der Waals surface area contributed by atoms with Gasteiger partial charge in [-0.1, -0.05) is 13.8 Å². The maximum absolute atomic E-state index is 13.4. The normalized spacial score (nSPS) is 16.3. The minimum Gasteiger partial charge on any atom is -0.337 e. The van der Waals surface area contributed by atoms with Crippen LogP contribution in [0.4, 0.5) is 0 Å². The minimum absolute atomic E-state index is 0.0968. The molecule has 0 aliphatic carbocycles. The van der Waals surface area contributed by atoms with Gasteiger partial charge < -0.3 is 10.2 Å². The first-order valence-corrected chi connectivity index (χ1v) is 9.61. The van der Waals surface area contributed by atoms with Crippen LogP contribution in [0.15, 0.2) is 6.07 Å². The summed E-state index contributed by atoms with van der Waals surface area (Å²) in [5.74, 6) is 0.347. The Kier molecular flexibility index (Phi) is 5.06. The molecule has 1 amide bonds. The highest BCUT2D eigenvalue weighted by Gasteiger charge is 2.27. The van der Waals surface area contributed by atoms with E-state index in [1.54, 1.807) is 0 Å². The van der Waals surface area contributed by atoms with Crippen molar-refractivity contribution in [2.24, 2.45) is 0 Å². The number of carbonyl (C=O) groups is 1. The number of nitrogens with one attached hydrogen (secondary N) is 1. The molecule has 1 aliphatic rings. The Morgan fingerprint density at radius 3 is 2.62 bits per heavy atom. The lowest BCUT2D eigenvalue weighted by molar-refractivity contribution is 0.0768. The topological polar surface area (TPSA) is 63.1 Å². The molecule has 2 aromatic rings. The molecule has 3 heterocycles. The predicted molar refractivity (Wildman–Crippen MR) is 105 cm³/mol. The van der Waals surface area contributed by atoms with Gasteiger partial charge in [-0.3, -0.25) is 4.79 Å². The van der Waals surface area contributed by atoms with E-state index in [0.29, 0.717) is 0 Å². The minimum atomic E-state index is -0.193. The molecule has 0 saturated carbocycles. The third-order valence-electron chi connectivity index (χ3n) is 4.92. The second-order valence-electron chi connectivity index (χ2n) is 8.51. The number of carbonyl (C=O) groups excluding carboxylic acids is 1. The standard InChI is InChI=1S/C20H31N5O/c1-13(2)16-12-15(19(26)24-10-7-8-21-9-11-24)17-14(3)23-25(18(17)22-16)20(4,5)6/h12-13,21H,7-11H2,1-6H3. The summed E-state index contributed by atoms with van der Waals surface area (Å²) in [7, 11) is 0. The van der Waals surface area contributed by atoms with Crippen LogP contribution in [-0.4, -0.2) is 51.8 Å². The van der Waals surface area contributed by atoms with Crippen molar-refractivity contribution in [2.75, 3.05) is 26.2 Å². The molecule has 142 valence electrons. The summed E-state index contributed by atoms with van der Waals surface area (Å²) < 4.78 is 1.96. The summed E-state index contributed by atoms with van der Waals surface area (Å²) in [4.78, 5) is 20.2. The third kappa shape index (κ3) is 3.47. The molecule has 0 bridgehead atoms. The molecule has 26 heavy (non-hydrogen) atoms. The van der Waals surface area contributed by atoms with Crippen LogP contribution in [0.25, 0.3) is 11.0 Å². The molecular weight excluding hydrogens is 326 g/mol. The number of pyridine rings is 1. The third-order valence-corrected chi connectivity index (χ3v) is 4.92. The lowest BCUT2D eigenvalue weighted by Crippen LogP contribution is -2.34. The van der Waals surface area contributed by atoms with Crippen LogP contribution in [0, 0.1) is 6.92 Å². The average molecular weight is 358 g/mol. The van der Waals surface area contributed by atoms with E-state index in [2.05, 4.69) is 39.9 Å². The fourth-order valence-electron chi connectivity index (χ4n) is 3.46. The zero-order valence-corrected chi connectivity index (χ0v) is 16.9. The Balaban J connectivity index is 2.20. The van der Waals surface area contributed by atoms with E-state index in [0.717, 1.165) is 60.6 Å². The Bertz CT molecular complexity index is 808. The van der Waals surface area contributed by atoms with E-state index in [4.69, 9.17) is 10.1 Å². The smallest absolute Gasteiger partial charge is 0.254 e. The van der Waals surface area contributed by atoms with Gasteiger partial charge >= 0.3 is 0 Å². The Morgan fingerprint density at radius 1 is 1.23 bits per heavy atom. The zero-order valence-electron chi connectivity index (χ0n) is 16.9. The van der Waals surface area contributed by atoms with Crippen molar-refractivity contribution < 1.29 is 4.79 Å². The molecule has 1 N–H and O–H groups in total. The highest BCUT2D eigenvalue weighted by molar-refractivity contribution is 6.06. The molecule has 0 spiro atoms. The molecule has 6 nitrogen and oxygen atoms in total. The lowest BCUT2D eigenvalue weighted by atomic mass is 10.0. The summed E-state index contributed by atoms with van der Waals surface area (Å²) in [6.07, 6.45) is 0.983. The highest BCUT2D eigenvalue weighted by Crippen LogP contribution is 2.29. The van der Waals surface area contributed by atoms with Gasteiger partial charge in [0, 0.05) is 25.3 Å². The van der Waals surface area contributed by atoms with Crippen LogP contribution in [0.3, 0.4) is 0 Å². The number of hydrogen-bond acceptors (Lipinski definition) is 4. The van der Waals surface area contributed by atoms with Crippen LogP contribution < -0.4 is 5.32 Å². The number of aryl methyl sites for hydroxylation is 1. The summed E-state index contributed by atoms with van der Waals surface area (Å²) in [5, 5.41) is 9.00. The highest BCUT2D eigenvalue weighted by atomic mass is 16.2. The first-order chi connectivity index (χ1) is 12.2. The van der Waals surface area contributed by atoms with Crippen LogP contribution in [0.1, 0.15) is 68.7 Å². The summed E-state index contributed by atoms with van der Waals surface area (Å²) in [6, 6.07) is 1.98. The monoisotopic (exact) mass is 357 g/mol. The van der Waals surface area contributed by atoms with Crippen molar-refractivity contribution in [3.63, 3.8) is 0 Å². The molecule has 0 aromatic carbocycles. The summed E-state index contributed by atoms with van der Waals surface area (Å²) >= 11 is 0. The molecule has 2 aromatic heterocycles. The predicted octanol–water partition coefficient (Wildman–Crippen LogP) is 3.05. The second-order valence-corrected chi connectivity index (χ2v) is 8.51. The fraction of sp³-hybridized carbons (Fsp3) is 0.650. The Hall–Kier alpha value is -1.95. The molecule has 1 saturated heterocycles. The molecule has 1 fully saturated rings. The first-order valence-electron chi connectivity index (χ1n) is 9.61. The maximum atomic E-state index is 13.4. The van der Waals surface area contributed by atoms with E-state index in [-0.39, 0.29) is 17.4 Å². The van der Waals surface area contributed by atoms with E-state index in [9.17, 15) is 4.79 Å². The van der Waals surface area contributed by atoms with Gasteiger partial charge in [0.15, 0.2) is 5.65 Å². The number of rotatable bonds is 2. The van der Waals surface area contributed by atoms with Gasteiger partial charge in [0.1, 0.15) is 0 Å². The summed E-state index contributed by atoms with van der Waals surface area (Å²) in [6.45, 7) is 15.9. The van der Waals surface area contributed by atoms with Crippen molar-refractivity contribution in [2.45, 2.75) is 59.4 Å². The average Bonchev–Trinajstić information content (AvgIpc) is 2.75. The molecule has 3 rings (SSSR count). The molecule has 0 atom stereocenters. The van der Waals surface area contributed by atoms with E-state index >= 15 is 0 Å². The van der Waals surface area contributed by atoms with Gasteiger partial charge in [-0.25, -0.2) is 9.67 Å². The molecule has 6 heteroatoms. The van der Waals surface area contributed by atoms with Crippen molar-refractivity contribution in [1.29, 1.82) is 0 Å². The van der Waals surface area contributed by atoms with Gasteiger partial charge in [-0.2, -0.15) is 5.10 Å².